The molecular weight excluding hydrogens is 168 g/mol. The van der Waals surface area contributed by atoms with Crippen LogP contribution < -0.4 is 10.5 Å². The number of nitrogens with zero attached hydrogens (tertiary/aromatic N) is 1. The van der Waals surface area contributed by atoms with Crippen molar-refractivity contribution >= 4 is 0 Å². The van der Waals surface area contributed by atoms with E-state index in [9.17, 15) is 0 Å². The quantitative estimate of drug-likeness (QED) is 0.533. The molecule has 1 aromatic rings. The van der Waals surface area contributed by atoms with Crippen molar-refractivity contribution in [2.24, 2.45) is 5.73 Å². The van der Waals surface area contributed by atoms with Gasteiger partial charge in [0.05, 0.1) is 0 Å². The molecule has 0 aliphatic rings. The van der Waals surface area contributed by atoms with Crippen molar-refractivity contribution in [1.82, 2.24) is 5.16 Å². The van der Waals surface area contributed by atoms with Crippen LogP contribution in [0.5, 0.6) is 5.88 Å². The predicted molar refractivity (Wildman–Crippen MR) is 49.4 cm³/mol. The zero-order valence-corrected chi connectivity index (χ0v) is 7.48. The third-order valence-electron chi connectivity index (χ3n) is 1.48. The van der Waals surface area contributed by atoms with E-state index in [0.717, 1.165) is 19.4 Å². The van der Waals surface area contributed by atoms with E-state index in [1.165, 1.54) is 6.26 Å². The minimum atomic E-state index is 0.517. The third-order valence-corrected chi connectivity index (χ3v) is 1.48. The molecule has 1 rings (SSSR count). The van der Waals surface area contributed by atoms with E-state index < -0.39 is 0 Å². The molecule has 0 bridgehead atoms. The fraction of sp³-hybridized carbons (Fsp3) is 0.444. The lowest BCUT2D eigenvalue weighted by atomic mass is 10.3. The Morgan fingerprint density at radius 3 is 3.15 bits per heavy atom. The van der Waals surface area contributed by atoms with Crippen LogP contribution in [0.2, 0.25) is 0 Å². The van der Waals surface area contributed by atoms with E-state index in [1.54, 1.807) is 6.07 Å². The van der Waals surface area contributed by atoms with Gasteiger partial charge in [-0.25, -0.2) is 0 Å². The van der Waals surface area contributed by atoms with Crippen molar-refractivity contribution in [3.05, 3.63) is 24.5 Å². The lowest BCUT2D eigenvalue weighted by Crippen LogP contribution is -1.97. The molecule has 0 saturated carbocycles. The molecule has 4 nitrogen and oxygen atoms in total. The topological polar surface area (TPSA) is 61.3 Å². The minimum absolute atomic E-state index is 0.517. The number of rotatable bonds is 6. The largest absolute Gasteiger partial charge is 0.471 e. The van der Waals surface area contributed by atoms with Gasteiger partial charge in [-0.3, -0.25) is 0 Å². The number of allylic oxidation sites excluding steroid dienone is 1. The van der Waals surface area contributed by atoms with Crippen LogP contribution in [-0.2, 0) is 0 Å². The number of nitrogens with two attached hydrogens (primary N) is 1. The normalized spacial score (nSPS) is 10.8. The monoisotopic (exact) mass is 182 g/mol. The van der Waals surface area contributed by atoms with Gasteiger partial charge < -0.3 is 15.0 Å². The zero-order valence-electron chi connectivity index (χ0n) is 7.48. The van der Waals surface area contributed by atoms with Crippen LogP contribution in [0.25, 0.3) is 0 Å². The van der Waals surface area contributed by atoms with Crippen LogP contribution in [0, 0.1) is 0 Å². The SMILES string of the molecule is NCCC/C=C/COc1ccon1. The highest BCUT2D eigenvalue weighted by Gasteiger charge is 1.92. The van der Waals surface area contributed by atoms with Gasteiger partial charge in [0.1, 0.15) is 12.9 Å². The molecule has 0 saturated heterocycles. The summed E-state index contributed by atoms with van der Waals surface area (Å²) in [6.45, 7) is 1.26. The van der Waals surface area contributed by atoms with Crippen molar-refractivity contribution < 1.29 is 9.26 Å². The second-order valence-electron chi connectivity index (χ2n) is 2.55. The summed E-state index contributed by atoms with van der Waals surface area (Å²) in [5.41, 5.74) is 5.33. The lowest BCUT2D eigenvalue weighted by Gasteiger charge is -1.95. The van der Waals surface area contributed by atoms with Crippen molar-refractivity contribution in [3.63, 3.8) is 0 Å². The molecule has 0 atom stereocenters. The van der Waals surface area contributed by atoms with Crippen LogP contribution in [0.3, 0.4) is 0 Å². The van der Waals surface area contributed by atoms with Crippen LogP contribution in [0.4, 0.5) is 0 Å². The molecule has 1 aromatic heterocycles. The first-order valence-electron chi connectivity index (χ1n) is 4.31. The van der Waals surface area contributed by atoms with Gasteiger partial charge in [-0.1, -0.05) is 12.2 Å². The summed E-state index contributed by atoms with van der Waals surface area (Å²) in [4.78, 5) is 0. The molecule has 0 aliphatic carbocycles. The maximum absolute atomic E-state index is 5.33. The van der Waals surface area contributed by atoms with E-state index in [2.05, 4.69) is 9.68 Å². The summed E-state index contributed by atoms with van der Waals surface area (Å²) >= 11 is 0. The van der Waals surface area contributed by atoms with E-state index in [4.69, 9.17) is 10.5 Å². The van der Waals surface area contributed by atoms with Gasteiger partial charge in [-0.15, -0.1) is 0 Å². The Kier molecular flexibility index (Phi) is 4.71. The molecule has 0 amide bonds. The molecular formula is C9H14N2O2. The van der Waals surface area contributed by atoms with Crippen molar-refractivity contribution in [3.8, 4) is 5.88 Å². The number of aromatic nitrogens is 1. The molecule has 0 spiro atoms. The van der Waals surface area contributed by atoms with Gasteiger partial charge in [0.25, 0.3) is 5.88 Å². The highest BCUT2D eigenvalue weighted by Crippen LogP contribution is 2.03. The highest BCUT2D eigenvalue weighted by atomic mass is 16.5. The van der Waals surface area contributed by atoms with Crippen LogP contribution in [0.1, 0.15) is 12.8 Å². The summed E-state index contributed by atoms with van der Waals surface area (Å²) in [6.07, 6.45) is 7.49. The Morgan fingerprint density at radius 2 is 2.46 bits per heavy atom. The van der Waals surface area contributed by atoms with Gasteiger partial charge in [0, 0.05) is 6.07 Å². The Labute approximate surface area is 77.4 Å². The Hall–Kier alpha value is -1.29. The summed E-state index contributed by atoms with van der Waals surface area (Å²) in [5, 5.41) is 3.60. The van der Waals surface area contributed by atoms with Gasteiger partial charge >= 0.3 is 0 Å². The first kappa shape index (κ1) is 9.80. The summed E-state index contributed by atoms with van der Waals surface area (Å²) < 4.78 is 9.80. The molecule has 0 aliphatic heterocycles. The lowest BCUT2D eigenvalue weighted by molar-refractivity contribution is 0.309. The van der Waals surface area contributed by atoms with E-state index in [1.807, 2.05) is 12.2 Å². The van der Waals surface area contributed by atoms with Gasteiger partial charge in [0.15, 0.2) is 0 Å². The van der Waals surface area contributed by atoms with E-state index in [-0.39, 0.29) is 0 Å². The van der Waals surface area contributed by atoms with Crippen LogP contribution in [-0.4, -0.2) is 18.3 Å². The molecule has 4 heteroatoms. The maximum Gasteiger partial charge on any atom is 0.254 e. The van der Waals surface area contributed by atoms with E-state index >= 15 is 0 Å². The summed E-state index contributed by atoms with van der Waals surface area (Å²) in [6, 6.07) is 1.67. The zero-order chi connectivity index (χ0) is 9.36. The molecule has 2 N–H and O–H groups in total. The number of unbranched alkanes of at least 4 members (excludes halogenated alkanes) is 1. The number of ether oxygens (including phenoxy) is 1. The molecule has 1 heterocycles. The third kappa shape index (κ3) is 4.32. The Bertz CT molecular complexity index is 232. The van der Waals surface area contributed by atoms with Gasteiger partial charge in [-0.05, 0) is 24.5 Å². The fourth-order valence-corrected chi connectivity index (χ4v) is 0.831. The second kappa shape index (κ2) is 6.25. The van der Waals surface area contributed by atoms with Crippen molar-refractivity contribution in [2.75, 3.05) is 13.2 Å². The molecule has 72 valence electrons. The van der Waals surface area contributed by atoms with Crippen molar-refractivity contribution in [1.29, 1.82) is 0 Å². The van der Waals surface area contributed by atoms with Gasteiger partial charge in [0.2, 0.25) is 0 Å². The smallest absolute Gasteiger partial charge is 0.254 e. The minimum Gasteiger partial charge on any atom is -0.471 e. The number of hydrogen-bond donors (Lipinski definition) is 1. The molecule has 0 unspecified atom stereocenters. The highest BCUT2D eigenvalue weighted by molar-refractivity contribution is 5.02. The van der Waals surface area contributed by atoms with Gasteiger partial charge in [-0.2, -0.15) is 0 Å². The molecule has 0 fully saturated rings. The average Bonchev–Trinajstić information content (AvgIpc) is 2.63. The first-order chi connectivity index (χ1) is 6.43. The van der Waals surface area contributed by atoms with E-state index in [0.29, 0.717) is 12.5 Å². The first-order valence-corrected chi connectivity index (χ1v) is 4.31. The summed E-state index contributed by atoms with van der Waals surface area (Å²) in [5.74, 6) is 0.517. The average molecular weight is 182 g/mol. The maximum atomic E-state index is 5.33. The number of hydrogen-bond acceptors (Lipinski definition) is 4. The fourth-order valence-electron chi connectivity index (χ4n) is 0.831. The van der Waals surface area contributed by atoms with Crippen LogP contribution >= 0.6 is 0 Å². The Balaban J connectivity index is 2.04. The molecule has 0 radical (unpaired) electrons. The Morgan fingerprint density at radius 1 is 1.54 bits per heavy atom. The molecule has 13 heavy (non-hydrogen) atoms. The van der Waals surface area contributed by atoms with Crippen LogP contribution in [0.15, 0.2) is 29.0 Å². The summed E-state index contributed by atoms with van der Waals surface area (Å²) in [7, 11) is 0. The molecule has 0 aromatic carbocycles. The standard InChI is InChI=1S/C9H14N2O2/c10-6-3-1-2-4-7-12-9-5-8-13-11-9/h2,4-5,8H,1,3,6-7,10H2/b4-2+. The van der Waals surface area contributed by atoms with Crippen molar-refractivity contribution in [2.45, 2.75) is 12.8 Å². The predicted octanol–water partition coefficient (Wildman–Crippen LogP) is 1.35. The second-order valence-corrected chi connectivity index (χ2v) is 2.55.